The summed E-state index contributed by atoms with van der Waals surface area (Å²) in [7, 11) is 1.24. The lowest BCUT2D eigenvalue weighted by Crippen LogP contribution is -2.68. The molecule has 1 saturated heterocycles. The van der Waals surface area contributed by atoms with Gasteiger partial charge in [-0.15, -0.1) is 0 Å². The minimum absolute atomic E-state index is 0.0197. The number of nitrogens with one attached hydrogen (secondary N) is 3. The third kappa shape index (κ3) is 5.48. The molecule has 0 amide bonds. The highest BCUT2D eigenvalue weighted by atomic mass is 32.2. The molecular weight excluding hydrogens is 486 g/mol. The standard InChI is InChI=1S/C25H29N3O7S/c1-13-8-9-17(35-13)20(18-7-4-10-36-18)28-22-21(24(32)25(22)33)27-15-6-3-5-14(23(15)31)16(29)11-26-12-19(30)34-2/h3,5-6,8-9,18,20-22,26-28,31H,4,7,10-12H2,1-2H3. The number of aromatic hydroxyl groups is 1. The summed E-state index contributed by atoms with van der Waals surface area (Å²) < 4.78 is 10.4. The smallest absolute Gasteiger partial charge is 0.319 e. The summed E-state index contributed by atoms with van der Waals surface area (Å²) in [5.41, 5.74) is 0.179. The third-order valence-electron chi connectivity index (χ3n) is 6.33. The SMILES string of the molecule is COC(=O)CNCC(=O)c1cccc(NC2C(=O)C(=O)C2NC(c2ccc(C)o2)C2CCCS2)c1O. The van der Waals surface area contributed by atoms with E-state index in [0.717, 1.165) is 24.4 Å². The first-order valence-corrected chi connectivity index (χ1v) is 12.8. The van der Waals surface area contributed by atoms with Gasteiger partial charge in [0.2, 0.25) is 11.6 Å². The number of methoxy groups -OCH3 is 1. The first-order chi connectivity index (χ1) is 17.3. The van der Waals surface area contributed by atoms with Crippen molar-refractivity contribution in [3.63, 3.8) is 0 Å². The normalized spacial score (nSPS) is 22.2. The molecule has 36 heavy (non-hydrogen) atoms. The van der Waals surface area contributed by atoms with E-state index in [2.05, 4.69) is 20.7 Å². The number of aryl methyl sites for hydroxylation is 1. The second-order valence-electron chi connectivity index (χ2n) is 8.78. The molecule has 2 aromatic rings. The Kier molecular flexibility index (Phi) is 8.12. The van der Waals surface area contributed by atoms with Gasteiger partial charge in [0.25, 0.3) is 0 Å². The summed E-state index contributed by atoms with van der Waals surface area (Å²) in [4.78, 5) is 48.8. The van der Waals surface area contributed by atoms with Gasteiger partial charge in [0, 0.05) is 5.25 Å². The number of phenolic OH excluding ortho intramolecular Hbond substituents is 1. The Morgan fingerprint density at radius 2 is 1.94 bits per heavy atom. The minimum Gasteiger partial charge on any atom is -0.505 e. The topological polar surface area (TPSA) is 147 Å². The zero-order chi connectivity index (χ0) is 25.8. The number of phenols is 1. The summed E-state index contributed by atoms with van der Waals surface area (Å²) in [6.07, 6.45) is 2.03. The number of furan rings is 1. The van der Waals surface area contributed by atoms with Crippen molar-refractivity contribution in [2.45, 2.75) is 43.1 Å². The van der Waals surface area contributed by atoms with Crippen LogP contribution in [0.25, 0.3) is 0 Å². The molecule has 1 aliphatic carbocycles. The number of thioether (sulfide) groups is 1. The van der Waals surface area contributed by atoms with Crippen LogP contribution in [0.1, 0.15) is 40.8 Å². The first kappa shape index (κ1) is 25.9. The van der Waals surface area contributed by atoms with Crippen molar-refractivity contribution in [1.29, 1.82) is 0 Å². The molecule has 0 radical (unpaired) electrons. The highest BCUT2D eigenvalue weighted by Gasteiger charge is 2.51. The predicted molar refractivity (Wildman–Crippen MR) is 133 cm³/mol. The van der Waals surface area contributed by atoms with E-state index in [0.29, 0.717) is 5.76 Å². The van der Waals surface area contributed by atoms with E-state index in [-0.39, 0.29) is 41.4 Å². The zero-order valence-electron chi connectivity index (χ0n) is 20.0. The Morgan fingerprint density at radius 1 is 1.17 bits per heavy atom. The number of benzene rings is 1. The lowest BCUT2D eigenvalue weighted by molar-refractivity contribution is -0.145. The second kappa shape index (κ2) is 11.3. The fourth-order valence-electron chi connectivity index (χ4n) is 4.38. The summed E-state index contributed by atoms with van der Waals surface area (Å²) in [6, 6.07) is 6.32. The molecule has 2 heterocycles. The van der Waals surface area contributed by atoms with Gasteiger partial charge in [0.15, 0.2) is 5.78 Å². The van der Waals surface area contributed by atoms with Crippen molar-refractivity contribution in [2.75, 3.05) is 31.3 Å². The Morgan fingerprint density at radius 3 is 2.61 bits per heavy atom. The summed E-state index contributed by atoms with van der Waals surface area (Å²) in [6.45, 7) is 1.51. The van der Waals surface area contributed by atoms with E-state index < -0.39 is 35.4 Å². The fraction of sp³-hybridized carbons (Fsp3) is 0.440. The van der Waals surface area contributed by atoms with Crippen LogP contribution >= 0.6 is 11.8 Å². The van der Waals surface area contributed by atoms with E-state index in [1.54, 1.807) is 17.8 Å². The Hall–Kier alpha value is -3.15. The molecule has 0 spiro atoms. The monoisotopic (exact) mass is 515 g/mol. The number of para-hydroxylation sites is 1. The number of anilines is 1. The number of rotatable bonds is 11. The molecule has 1 saturated carbocycles. The molecule has 4 unspecified atom stereocenters. The van der Waals surface area contributed by atoms with Gasteiger partial charge in [0.1, 0.15) is 29.4 Å². The highest BCUT2D eigenvalue weighted by Crippen LogP contribution is 2.38. The van der Waals surface area contributed by atoms with Gasteiger partial charge in [-0.05, 0) is 49.8 Å². The molecule has 0 bridgehead atoms. The lowest BCUT2D eigenvalue weighted by Gasteiger charge is -2.38. The fourth-order valence-corrected chi connectivity index (χ4v) is 5.76. The maximum atomic E-state index is 12.6. The number of ketones is 3. The average molecular weight is 516 g/mol. The van der Waals surface area contributed by atoms with Crippen LogP contribution < -0.4 is 16.0 Å². The highest BCUT2D eigenvalue weighted by molar-refractivity contribution is 8.00. The van der Waals surface area contributed by atoms with E-state index in [1.807, 2.05) is 19.1 Å². The number of carbonyl (C=O) groups excluding carboxylic acids is 4. The maximum Gasteiger partial charge on any atom is 0.319 e. The van der Waals surface area contributed by atoms with Crippen LogP contribution in [0.4, 0.5) is 5.69 Å². The molecule has 4 atom stereocenters. The third-order valence-corrected chi connectivity index (χ3v) is 7.80. The number of carbonyl (C=O) groups is 4. The lowest BCUT2D eigenvalue weighted by atomic mass is 9.81. The molecule has 4 N–H and O–H groups in total. The van der Waals surface area contributed by atoms with Crippen molar-refractivity contribution < 1.29 is 33.4 Å². The summed E-state index contributed by atoms with van der Waals surface area (Å²) in [5, 5.41) is 19.8. The van der Waals surface area contributed by atoms with Crippen molar-refractivity contribution >= 4 is 40.8 Å². The van der Waals surface area contributed by atoms with Gasteiger partial charge in [-0.2, -0.15) is 11.8 Å². The van der Waals surface area contributed by atoms with Crippen LogP contribution in [-0.2, 0) is 19.1 Å². The van der Waals surface area contributed by atoms with Gasteiger partial charge >= 0.3 is 5.97 Å². The zero-order valence-corrected chi connectivity index (χ0v) is 20.9. The van der Waals surface area contributed by atoms with Crippen LogP contribution in [0.5, 0.6) is 5.75 Å². The van der Waals surface area contributed by atoms with Gasteiger partial charge in [-0.25, -0.2) is 0 Å². The van der Waals surface area contributed by atoms with Gasteiger partial charge in [-0.1, -0.05) is 6.07 Å². The average Bonchev–Trinajstić information content (AvgIpc) is 3.56. The largest absolute Gasteiger partial charge is 0.505 e. The second-order valence-corrected chi connectivity index (χ2v) is 10.1. The molecule has 11 heteroatoms. The summed E-state index contributed by atoms with van der Waals surface area (Å²) >= 11 is 1.80. The number of ether oxygens (including phenoxy) is 1. The number of hydrogen-bond donors (Lipinski definition) is 4. The maximum absolute atomic E-state index is 12.6. The van der Waals surface area contributed by atoms with E-state index in [4.69, 9.17) is 4.42 Å². The van der Waals surface area contributed by atoms with Gasteiger partial charge in [-0.3, -0.25) is 29.8 Å². The van der Waals surface area contributed by atoms with Crippen LogP contribution in [0, 0.1) is 6.92 Å². The van der Waals surface area contributed by atoms with Crippen LogP contribution in [0.3, 0.4) is 0 Å². The quantitative estimate of drug-likeness (QED) is 0.150. The van der Waals surface area contributed by atoms with Crippen LogP contribution in [-0.4, -0.2) is 71.7 Å². The van der Waals surface area contributed by atoms with Crippen LogP contribution in [0.15, 0.2) is 34.7 Å². The summed E-state index contributed by atoms with van der Waals surface area (Å²) in [5.74, 6) is 0.0542. The Bertz CT molecular complexity index is 1160. The molecule has 10 nitrogen and oxygen atoms in total. The molecule has 1 aromatic heterocycles. The number of Topliss-reactive ketones (excluding diaryl/α,β-unsaturated/α-hetero) is 3. The molecule has 4 rings (SSSR count). The predicted octanol–water partition coefficient (Wildman–Crippen LogP) is 1.77. The van der Waals surface area contributed by atoms with Gasteiger partial charge < -0.3 is 19.6 Å². The van der Waals surface area contributed by atoms with Gasteiger partial charge in [0.05, 0.1) is 37.5 Å². The van der Waals surface area contributed by atoms with Crippen molar-refractivity contribution in [1.82, 2.24) is 10.6 Å². The van der Waals surface area contributed by atoms with Crippen molar-refractivity contribution in [2.24, 2.45) is 0 Å². The van der Waals surface area contributed by atoms with Crippen LogP contribution in [0.2, 0.25) is 0 Å². The van der Waals surface area contributed by atoms with Crippen molar-refractivity contribution in [3.8, 4) is 5.75 Å². The van der Waals surface area contributed by atoms with E-state index in [1.165, 1.54) is 19.2 Å². The molecule has 2 aliphatic rings. The number of hydrogen-bond acceptors (Lipinski definition) is 11. The Balaban J connectivity index is 1.48. The molecular formula is C25H29N3O7S. The van der Waals surface area contributed by atoms with Crippen molar-refractivity contribution in [3.05, 3.63) is 47.4 Å². The molecule has 1 aliphatic heterocycles. The molecule has 1 aromatic carbocycles. The van der Waals surface area contributed by atoms with E-state index in [9.17, 15) is 24.3 Å². The van der Waals surface area contributed by atoms with E-state index >= 15 is 0 Å². The minimum atomic E-state index is -0.906. The Labute approximate surface area is 212 Å². The first-order valence-electron chi connectivity index (χ1n) is 11.7. The number of esters is 1. The molecule has 2 fully saturated rings. The molecule has 192 valence electrons.